The van der Waals surface area contributed by atoms with Crippen LogP contribution in [-0.2, 0) is 4.79 Å². The average Bonchev–Trinajstić information content (AvgIpc) is 2.41. The van der Waals surface area contributed by atoms with Gasteiger partial charge in [0.15, 0.2) is 0 Å². The Morgan fingerprint density at radius 1 is 1.32 bits per heavy atom. The summed E-state index contributed by atoms with van der Waals surface area (Å²) < 4.78 is 18.5. The zero-order valence-corrected chi connectivity index (χ0v) is 11.2. The normalized spacial score (nSPS) is 10.3. The molecule has 0 saturated heterocycles. The summed E-state index contributed by atoms with van der Waals surface area (Å²) in [7, 11) is 1.50. The lowest BCUT2D eigenvalue weighted by molar-refractivity contribution is -0.116. The van der Waals surface area contributed by atoms with E-state index in [1.165, 1.54) is 25.3 Å². The molecule has 0 aliphatic heterocycles. The van der Waals surface area contributed by atoms with Gasteiger partial charge in [-0.15, -0.1) is 0 Å². The molecule has 106 valence electrons. The van der Waals surface area contributed by atoms with Crippen molar-refractivity contribution in [2.45, 2.75) is 32.1 Å². The lowest BCUT2D eigenvalue weighted by atomic mass is 10.1. The van der Waals surface area contributed by atoms with E-state index in [0.29, 0.717) is 18.7 Å². The molecule has 0 atom stereocenters. The molecule has 1 amide bonds. The van der Waals surface area contributed by atoms with Crippen LogP contribution in [0.3, 0.4) is 0 Å². The first-order valence-corrected chi connectivity index (χ1v) is 6.51. The first-order valence-electron chi connectivity index (χ1n) is 6.51. The van der Waals surface area contributed by atoms with Crippen molar-refractivity contribution < 1.29 is 13.9 Å². The van der Waals surface area contributed by atoms with Gasteiger partial charge >= 0.3 is 0 Å². The van der Waals surface area contributed by atoms with E-state index in [2.05, 4.69) is 5.32 Å². The van der Waals surface area contributed by atoms with Crippen molar-refractivity contribution in [3.8, 4) is 5.75 Å². The molecule has 0 bridgehead atoms. The molecule has 0 spiro atoms. The summed E-state index contributed by atoms with van der Waals surface area (Å²) in [4.78, 5) is 11.7. The van der Waals surface area contributed by atoms with Crippen LogP contribution >= 0.6 is 0 Å². The van der Waals surface area contributed by atoms with E-state index < -0.39 is 5.82 Å². The van der Waals surface area contributed by atoms with E-state index in [-0.39, 0.29) is 11.6 Å². The number of amides is 1. The molecule has 0 saturated carbocycles. The first-order chi connectivity index (χ1) is 9.17. The van der Waals surface area contributed by atoms with Gasteiger partial charge in [0.1, 0.15) is 11.6 Å². The van der Waals surface area contributed by atoms with Crippen LogP contribution in [-0.4, -0.2) is 19.6 Å². The van der Waals surface area contributed by atoms with Crippen LogP contribution in [0, 0.1) is 5.82 Å². The predicted octanol–water partition coefficient (Wildman–Crippen LogP) is 2.68. The summed E-state index contributed by atoms with van der Waals surface area (Å²) in [5.74, 6) is -0.128. The van der Waals surface area contributed by atoms with Crippen LogP contribution in [0.15, 0.2) is 18.2 Å². The number of hydrogen-bond donors (Lipinski definition) is 2. The number of methoxy groups -OCH3 is 1. The predicted molar refractivity (Wildman–Crippen MR) is 73.7 cm³/mol. The van der Waals surface area contributed by atoms with E-state index in [1.807, 2.05) is 0 Å². The van der Waals surface area contributed by atoms with Gasteiger partial charge in [0, 0.05) is 12.5 Å². The number of anilines is 1. The van der Waals surface area contributed by atoms with Crippen molar-refractivity contribution >= 4 is 11.6 Å². The lowest BCUT2D eigenvalue weighted by Crippen LogP contribution is -2.12. The maximum absolute atomic E-state index is 13.5. The van der Waals surface area contributed by atoms with Crippen LogP contribution in [0.2, 0.25) is 0 Å². The van der Waals surface area contributed by atoms with E-state index in [4.69, 9.17) is 10.5 Å². The summed E-state index contributed by atoms with van der Waals surface area (Å²) in [6, 6.07) is 4.26. The minimum Gasteiger partial charge on any atom is -0.497 e. The smallest absolute Gasteiger partial charge is 0.224 e. The highest BCUT2D eigenvalue weighted by molar-refractivity contribution is 5.91. The second kappa shape index (κ2) is 8.48. The summed E-state index contributed by atoms with van der Waals surface area (Å²) >= 11 is 0. The molecule has 0 radical (unpaired) electrons. The van der Waals surface area contributed by atoms with E-state index in [9.17, 15) is 9.18 Å². The number of ether oxygens (including phenoxy) is 1. The minimum atomic E-state index is -0.461. The van der Waals surface area contributed by atoms with Gasteiger partial charge in [-0.2, -0.15) is 0 Å². The Labute approximate surface area is 113 Å². The first kappa shape index (κ1) is 15.4. The van der Waals surface area contributed by atoms with Crippen LogP contribution in [0.4, 0.5) is 10.1 Å². The van der Waals surface area contributed by atoms with Crippen LogP contribution in [0.5, 0.6) is 5.75 Å². The average molecular weight is 268 g/mol. The Bertz CT molecular complexity index is 410. The number of nitrogens with two attached hydrogens (primary N) is 1. The molecule has 1 aromatic rings. The van der Waals surface area contributed by atoms with Crippen LogP contribution in [0.1, 0.15) is 32.1 Å². The van der Waals surface area contributed by atoms with Gasteiger partial charge in [-0.3, -0.25) is 4.79 Å². The van der Waals surface area contributed by atoms with Crippen LogP contribution < -0.4 is 15.8 Å². The van der Waals surface area contributed by atoms with Gasteiger partial charge in [-0.1, -0.05) is 12.8 Å². The quantitative estimate of drug-likeness (QED) is 0.712. The van der Waals surface area contributed by atoms with Gasteiger partial charge in [0.05, 0.1) is 12.8 Å². The van der Waals surface area contributed by atoms with Gasteiger partial charge in [0.2, 0.25) is 5.91 Å². The Hall–Kier alpha value is -1.62. The Kier molecular flexibility index (Phi) is 6.89. The third-order valence-corrected chi connectivity index (χ3v) is 2.81. The molecule has 0 heterocycles. The number of carbonyl (C=O) groups is 1. The molecule has 5 heteroatoms. The lowest BCUT2D eigenvalue weighted by Gasteiger charge is -2.08. The number of carbonyl (C=O) groups excluding carboxylic acids is 1. The third kappa shape index (κ3) is 5.70. The molecule has 3 N–H and O–H groups in total. The summed E-state index contributed by atoms with van der Waals surface area (Å²) in [6.07, 6.45) is 4.15. The molecule has 0 fully saturated rings. The van der Waals surface area contributed by atoms with Crippen molar-refractivity contribution in [2.75, 3.05) is 19.0 Å². The molecule has 0 unspecified atom stereocenters. The van der Waals surface area contributed by atoms with Crippen molar-refractivity contribution in [3.05, 3.63) is 24.0 Å². The molecule has 0 aliphatic carbocycles. The number of rotatable bonds is 8. The molecular weight excluding hydrogens is 247 g/mol. The maximum Gasteiger partial charge on any atom is 0.224 e. The molecule has 0 aliphatic rings. The molecule has 0 aromatic heterocycles. The molecule has 1 aromatic carbocycles. The van der Waals surface area contributed by atoms with Crippen molar-refractivity contribution in [1.29, 1.82) is 0 Å². The molecular formula is C14H21FN2O2. The number of unbranched alkanes of at least 4 members (excludes halogenated alkanes) is 3. The number of nitrogens with one attached hydrogen (secondary N) is 1. The highest BCUT2D eigenvalue weighted by Crippen LogP contribution is 2.21. The fourth-order valence-corrected chi connectivity index (χ4v) is 1.72. The van der Waals surface area contributed by atoms with Gasteiger partial charge in [-0.25, -0.2) is 4.39 Å². The van der Waals surface area contributed by atoms with E-state index >= 15 is 0 Å². The number of hydrogen-bond acceptors (Lipinski definition) is 3. The number of halogens is 1. The van der Waals surface area contributed by atoms with Crippen LogP contribution in [0.25, 0.3) is 0 Å². The largest absolute Gasteiger partial charge is 0.497 e. The Morgan fingerprint density at radius 3 is 2.74 bits per heavy atom. The molecule has 4 nitrogen and oxygen atoms in total. The minimum absolute atomic E-state index is 0.159. The van der Waals surface area contributed by atoms with E-state index in [0.717, 1.165) is 25.7 Å². The third-order valence-electron chi connectivity index (χ3n) is 2.81. The molecule has 19 heavy (non-hydrogen) atoms. The van der Waals surface area contributed by atoms with Gasteiger partial charge in [-0.05, 0) is 31.5 Å². The summed E-state index contributed by atoms with van der Waals surface area (Å²) in [5.41, 5.74) is 5.54. The zero-order valence-electron chi connectivity index (χ0n) is 11.2. The SMILES string of the molecule is COc1ccc(F)c(NC(=O)CCCCCCN)c1. The van der Waals surface area contributed by atoms with Crippen molar-refractivity contribution in [1.82, 2.24) is 0 Å². The van der Waals surface area contributed by atoms with E-state index in [1.54, 1.807) is 0 Å². The fraction of sp³-hybridized carbons (Fsp3) is 0.500. The Balaban J connectivity index is 2.39. The second-order valence-electron chi connectivity index (χ2n) is 4.35. The van der Waals surface area contributed by atoms with Gasteiger partial charge < -0.3 is 15.8 Å². The fourth-order valence-electron chi connectivity index (χ4n) is 1.72. The monoisotopic (exact) mass is 268 g/mol. The maximum atomic E-state index is 13.5. The highest BCUT2D eigenvalue weighted by atomic mass is 19.1. The highest BCUT2D eigenvalue weighted by Gasteiger charge is 2.08. The zero-order chi connectivity index (χ0) is 14.1. The summed E-state index contributed by atoms with van der Waals surface area (Å²) in [5, 5.41) is 2.56. The topological polar surface area (TPSA) is 64.3 Å². The second-order valence-corrected chi connectivity index (χ2v) is 4.35. The van der Waals surface area contributed by atoms with Gasteiger partial charge in [0.25, 0.3) is 0 Å². The molecule has 1 rings (SSSR count). The summed E-state index contributed by atoms with van der Waals surface area (Å²) in [6.45, 7) is 0.682. The standard InChI is InChI=1S/C14H21FN2O2/c1-19-11-7-8-12(15)13(10-11)17-14(18)6-4-2-3-5-9-16/h7-8,10H,2-6,9,16H2,1H3,(H,17,18). The Morgan fingerprint density at radius 2 is 2.05 bits per heavy atom. The number of benzene rings is 1. The van der Waals surface area contributed by atoms with Crippen molar-refractivity contribution in [3.63, 3.8) is 0 Å². The van der Waals surface area contributed by atoms with Crippen molar-refractivity contribution in [2.24, 2.45) is 5.73 Å².